The van der Waals surface area contributed by atoms with Gasteiger partial charge >= 0.3 is 0 Å². The molecule has 0 amide bonds. The molecule has 0 fully saturated rings. The number of para-hydroxylation sites is 2. The average Bonchev–Trinajstić information content (AvgIpc) is 2.42. The molecule has 0 radical (unpaired) electrons. The highest BCUT2D eigenvalue weighted by Gasteiger charge is 2.17. The Labute approximate surface area is 106 Å². The predicted octanol–water partition coefficient (Wildman–Crippen LogP) is 2.06. The van der Waals surface area contributed by atoms with Crippen LogP contribution in [0.2, 0.25) is 0 Å². The minimum atomic E-state index is 0.557. The van der Waals surface area contributed by atoms with Gasteiger partial charge in [-0.2, -0.15) is 0 Å². The van der Waals surface area contributed by atoms with Crippen molar-refractivity contribution >= 4 is 11.5 Å². The van der Waals surface area contributed by atoms with E-state index in [2.05, 4.69) is 16.0 Å². The zero-order chi connectivity index (χ0) is 12.4. The van der Waals surface area contributed by atoms with Crippen molar-refractivity contribution in [3.05, 3.63) is 48.2 Å². The summed E-state index contributed by atoms with van der Waals surface area (Å²) < 4.78 is 5.63. The molecule has 18 heavy (non-hydrogen) atoms. The summed E-state index contributed by atoms with van der Waals surface area (Å²) in [6.07, 6.45) is 1.83. The standard InChI is InChI=1S/C14H15N3O/c15-14-6-5-11(9-16-14)10-17-7-8-18-13-4-2-1-3-12(13)17/h1-6,9H,7-8,10H2,(H2,15,16). The van der Waals surface area contributed by atoms with Crippen LogP contribution in [0.1, 0.15) is 5.56 Å². The predicted molar refractivity (Wildman–Crippen MR) is 71.6 cm³/mol. The Morgan fingerprint density at radius 3 is 2.94 bits per heavy atom. The molecule has 0 atom stereocenters. The first-order valence-electron chi connectivity index (χ1n) is 6.00. The number of nitrogens with two attached hydrogens (primary N) is 1. The highest BCUT2D eigenvalue weighted by Crippen LogP contribution is 2.31. The number of rotatable bonds is 2. The maximum absolute atomic E-state index is 5.63. The van der Waals surface area contributed by atoms with E-state index in [4.69, 9.17) is 10.5 Å². The second-order valence-electron chi connectivity index (χ2n) is 4.33. The molecule has 92 valence electrons. The summed E-state index contributed by atoms with van der Waals surface area (Å²) >= 11 is 0. The Balaban J connectivity index is 1.84. The number of hydrogen-bond donors (Lipinski definition) is 1. The number of hydrogen-bond acceptors (Lipinski definition) is 4. The smallest absolute Gasteiger partial charge is 0.142 e. The molecule has 2 N–H and O–H groups in total. The van der Waals surface area contributed by atoms with Crippen LogP contribution in [0.15, 0.2) is 42.6 Å². The zero-order valence-corrected chi connectivity index (χ0v) is 10.0. The lowest BCUT2D eigenvalue weighted by Gasteiger charge is -2.31. The van der Waals surface area contributed by atoms with E-state index < -0.39 is 0 Å². The molecule has 0 spiro atoms. The van der Waals surface area contributed by atoms with E-state index in [1.54, 1.807) is 0 Å². The lowest BCUT2D eigenvalue weighted by molar-refractivity contribution is 0.307. The van der Waals surface area contributed by atoms with Gasteiger partial charge in [-0.1, -0.05) is 18.2 Å². The highest BCUT2D eigenvalue weighted by atomic mass is 16.5. The van der Waals surface area contributed by atoms with Crippen molar-refractivity contribution in [2.75, 3.05) is 23.8 Å². The molecule has 0 saturated carbocycles. The number of fused-ring (bicyclic) bond motifs is 1. The summed E-state index contributed by atoms with van der Waals surface area (Å²) in [4.78, 5) is 6.42. The van der Waals surface area contributed by atoms with Crippen LogP contribution in [0.5, 0.6) is 5.75 Å². The number of aromatic nitrogens is 1. The first-order valence-corrected chi connectivity index (χ1v) is 6.00. The first-order chi connectivity index (χ1) is 8.83. The number of anilines is 2. The Kier molecular flexibility index (Phi) is 2.76. The molecule has 0 bridgehead atoms. The second kappa shape index (κ2) is 4.56. The van der Waals surface area contributed by atoms with Crippen molar-refractivity contribution in [3.8, 4) is 5.75 Å². The summed E-state index contributed by atoms with van der Waals surface area (Å²) in [6.45, 7) is 2.44. The Morgan fingerprint density at radius 1 is 1.22 bits per heavy atom. The SMILES string of the molecule is Nc1ccc(CN2CCOc3ccccc32)cn1. The van der Waals surface area contributed by atoms with E-state index in [0.29, 0.717) is 5.82 Å². The van der Waals surface area contributed by atoms with Gasteiger partial charge in [0, 0.05) is 12.7 Å². The van der Waals surface area contributed by atoms with Gasteiger partial charge in [0.15, 0.2) is 0 Å². The van der Waals surface area contributed by atoms with Crippen LogP contribution in [0.3, 0.4) is 0 Å². The quantitative estimate of drug-likeness (QED) is 0.874. The van der Waals surface area contributed by atoms with E-state index >= 15 is 0 Å². The summed E-state index contributed by atoms with van der Waals surface area (Å²) in [5, 5.41) is 0. The van der Waals surface area contributed by atoms with Gasteiger partial charge in [0.2, 0.25) is 0 Å². The number of nitrogen functional groups attached to an aromatic ring is 1. The third-order valence-corrected chi connectivity index (χ3v) is 3.05. The van der Waals surface area contributed by atoms with Gasteiger partial charge in [0.25, 0.3) is 0 Å². The summed E-state index contributed by atoms with van der Waals surface area (Å²) in [6, 6.07) is 12.0. The van der Waals surface area contributed by atoms with E-state index in [1.807, 2.05) is 36.5 Å². The van der Waals surface area contributed by atoms with Gasteiger partial charge in [-0.3, -0.25) is 0 Å². The van der Waals surface area contributed by atoms with Gasteiger partial charge in [-0.05, 0) is 23.8 Å². The molecule has 0 aliphatic carbocycles. The first kappa shape index (κ1) is 10.9. The van der Waals surface area contributed by atoms with Gasteiger partial charge in [0.1, 0.15) is 18.2 Å². The normalized spacial score (nSPS) is 13.9. The van der Waals surface area contributed by atoms with Gasteiger partial charge in [-0.25, -0.2) is 4.98 Å². The topological polar surface area (TPSA) is 51.4 Å². The minimum Gasteiger partial charge on any atom is -0.490 e. The van der Waals surface area contributed by atoms with Crippen molar-refractivity contribution in [3.63, 3.8) is 0 Å². The molecule has 1 aliphatic heterocycles. The van der Waals surface area contributed by atoms with Crippen molar-refractivity contribution in [1.29, 1.82) is 0 Å². The van der Waals surface area contributed by atoms with Crippen molar-refractivity contribution in [1.82, 2.24) is 4.98 Å². The van der Waals surface area contributed by atoms with E-state index in [1.165, 1.54) is 0 Å². The fourth-order valence-electron chi connectivity index (χ4n) is 2.14. The number of pyridine rings is 1. The molecule has 4 nitrogen and oxygen atoms in total. The van der Waals surface area contributed by atoms with Gasteiger partial charge < -0.3 is 15.4 Å². The summed E-state index contributed by atoms with van der Waals surface area (Å²) in [5.74, 6) is 1.51. The molecule has 4 heteroatoms. The fraction of sp³-hybridized carbons (Fsp3) is 0.214. The van der Waals surface area contributed by atoms with Crippen LogP contribution in [-0.2, 0) is 6.54 Å². The monoisotopic (exact) mass is 241 g/mol. The highest BCUT2D eigenvalue weighted by molar-refractivity contribution is 5.59. The Hall–Kier alpha value is -2.23. The van der Waals surface area contributed by atoms with Gasteiger partial charge in [-0.15, -0.1) is 0 Å². The van der Waals surface area contributed by atoms with Gasteiger partial charge in [0.05, 0.1) is 12.2 Å². The Morgan fingerprint density at radius 2 is 2.11 bits per heavy atom. The molecule has 1 aliphatic rings. The second-order valence-corrected chi connectivity index (χ2v) is 4.33. The number of benzene rings is 1. The molecule has 1 aromatic carbocycles. The summed E-state index contributed by atoms with van der Waals surface area (Å²) in [7, 11) is 0. The zero-order valence-electron chi connectivity index (χ0n) is 10.0. The van der Waals surface area contributed by atoms with Crippen LogP contribution < -0.4 is 15.4 Å². The molecule has 3 rings (SSSR count). The van der Waals surface area contributed by atoms with Crippen LogP contribution in [0.25, 0.3) is 0 Å². The molecular formula is C14H15N3O. The Bertz CT molecular complexity index is 539. The van der Waals surface area contributed by atoms with E-state index in [-0.39, 0.29) is 0 Å². The van der Waals surface area contributed by atoms with Crippen LogP contribution in [-0.4, -0.2) is 18.1 Å². The van der Waals surface area contributed by atoms with E-state index in [9.17, 15) is 0 Å². The minimum absolute atomic E-state index is 0.557. The third kappa shape index (κ3) is 2.09. The lowest BCUT2D eigenvalue weighted by atomic mass is 10.2. The fourth-order valence-corrected chi connectivity index (χ4v) is 2.14. The van der Waals surface area contributed by atoms with Crippen LogP contribution in [0.4, 0.5) is 11.5 Å². The molecule has 0 unspecified atom stereocenters. The average molecular weight is 241 g/mol. The third-order valence-electron chi connectivity index (χ3n) is 3.05. The molecule has 1 aromatic heterocycles. The van der Waals surface area contributed by atoms with Crippen LogP contribution >= 0.6 is 0 Å². The van der Waals surface area contributed by atoms with Crippen LogP contribution in [0, 0.1) is 0 Å². The molecular weight excluding hydrogens is 226 g/mol. The maximum atomic E-state index is 5.63. The number of ether oxygens (including phenoxy) is 1. The number of nitrogens with zero attached hydrogens (tertiary/aromatic N) is 2. The maximum Gasteiger partial charge on any atom is 0.142 e. The summed E-state index contributed by atoms with van der Waals surface area (Å²) in [5.41, 5.74) is 7.88. The molecule has 2 aromatic rings. The lowest BCUT2D eigenvalue weighted by Crippen LogP contribution is -2.32. The van der Waals surface area contributed by atoms with E-state index in [0.717, 1.165) is 36.7 Å². The van der Waals surface area contributed by atoms with Crippen molar-refractivity contribution in [2.24, 2.45) is 0 Å². The molecule has 0 saturated heterocycles. The van der Waals surface area contributed by atoms with Crippen molar-refractivity contribution in [2.45, 2.75) is 6.54 Å². The largest absolute Gasteiger partial charge is 0.490 e. The molecule has 2 heterocycles. The van der Waals surface area contributed by atoms with Crippen molar-refractivity contribution < 1.29 is 4.74 Å².